The summed E-state index contributed by atoms with van der Waals surface area (Å²) in [6, 6.07) is 24.7. The van der Waals surface area contributed by atoms with Crippen LogP contribution in [0.1, 0.15) is 16.8 Å². The van der Waals surface area contributed by atoms with Gasteiger partial charge in [-0.05, 0) is 68.1 Å². The number of esters is 1. The number of hydrogen-bond donors (Lipinski definition) is 1. The van der Waals surface area contributed by atoms with E-state index in [-0.39, 0.29) is 18.0 Å². The van der Waals surface area contributed by atoms with E-state index in [1.165, 1.54) is 11.4 Å². The summed E-state index contributed by atoms with van der Waals surface area (Å²) < 4.78 is 34.1. The van der Waals surface area contributed by atoms with Gasteiger partial charge in [-0.3, -0.25) is 4.31 Å². The minimum Gasteiger partial charge on any atom is -0.461 e. The van der Waals surface area contributed by atoms with Crippen LogP contribution in [0.3, 0.4) is 0 Å². The van der Waals surface area contributed by atoms with Crippen LogP contribution in [0.5, 0.6) is 0 Å². The van der Waals surface area contributed by atoms with Crippen LogP contribution < -0.4 is 4.31 Å². The van der Waals surface area contributed by atoms with Gasteiger partial charge in [0.25, 0.3) is 0 Å². The molecule has 0 aliphatic heterocycles. The van der Waals surface area contributed by atoms with Gasteiger partial charge >= 0.3 is 5.97 Å². The molecular weight excluding hydrogens is 598 g/mol. The number of H-pyrrole nitrogens is 1. The lowest BCUT2D eigenvalue weighted by Gasteiger charge is -2.26. The van der Waals surface area contributed by atoms with Crippen molar-refractivity contribution in [2.45, 2.75) is 11.7 Å². The number of likely N-dealkylation sites (N-methyl/N-ethyl adjacent to an activating group) is 1. The van der Waals surface area contributed by atoms with E-state index in [2.05, 4.69) is 4.98 Å². The van der Waals surface area contributed by atoms with Crippen LogP contribution in [-0.2, 0) is 14.8 Å². The molecule has 232 valence electrons. The zero-order valence-electron chi connectivity index (χ0n) is 25.8. The second kappa shape index (κ2) is 12.6. The standard InChI is InChI=1S/C36H33N5O4S/c1-40(2)19-20-45-36(42)26-15-13-24(14-16-26)30-23-38-35-34(33(30)25-9-5-4-6-10-25)29-21-28(17-18-31(29)39-35)41(3)46(43,44)32-12-8-7-11-27(32)22-37/h4-11,13-18,21,23,32H,12,19-20H2,1-3H3,(H,38,39). The number of rotatable bonds is 9. The Morgan fingerprint density at radius 3 is 2.52 bits per heavy atom. The molecule has 0 saturated heterocycles. The van der Waals surface area contributed by atoms with Crippen LogP contribution in [0.4, 0.5) is 5.69 Å². The number of hydrogen-bond acceptors (Lipinski definition) is 7. The van der Waals surface area contributed by atoms with Gasteiger partial charge in [0, 0.05) is 52.8 Å². The Bertz CT molecular complexity index is 2140. The van der Waals surface area contributed by atoms with Gasteiger partial charge < -0.3 is 14.6 Å². The quantitative estimate of drug-likeness (QED) is 0.189. The van der Waals surface area contributed by atoms with E-state index >= 15 is 0 Å². The van der Waals surface area contributed by atoms with Gasteiger partial charge in [-0.1, -0.05) is 54.6 Å². The number of aromatic nitrogens is 2. The molecule has 1 unspecified atom stereocenters. The molecule has 1 aliphatic rings. The molecule has 0 fully saturated rings. The fourth-order valence-electron chi connectivity index (χ4n) is 5.69. The van der Waals surface area contributed by atoms with Gasteiger partial charge in [0.15, 0.2) is 0 Å². The highest BCUT2D eigenvalue weighted by Gasteiger charge is 2.33. The van der Waals surface area contributed by atoms with Crippen molar-refractivity contribution in [3.63, 3.8) is 0 Å². The molecule has 0 amide bonds. The van der Waals surface area contributed by atoms with Crippen molar-refractivity contribution in [2.24, 2.45) is 0 Å². The highest BCUT2D eigenvalue weighted by molar-refractivity contribution is 7.93. The number of aromatic amines is 1. The number of benzene rings is 3. The van der Waals surface area contributed by atoms with Gasteiger partial charge in [0.2, 0.25) is 10.0 Å². The molecule has 2 aromatic heterocycles. The maximum atomic E-state index is 13.7. The molecule has 0 bridgehead atoms. The summed E-state index contributed by atoms with van der Waals surface area (Å²) in [6.07, 6.45) is 7.08. The summed E-state index contributed by atoms with van der Waals surface area (Å²) in [7, 11) is 1.47. The molecule has 1 N–H and O–H groups in total. The van der Waals surface area contributed by atoms with Crippen LogP contribution in [0.2, 0.25) is 0 Å². The van der Waals surface area contributed by atoms with Gasteiger partial charge in [-0.15, -0.1) is 0 Å². The Labute approximate surface area is 268 Å². The van der Waals surface area contributed by atoms with E-state index < -0.39 is 15.3 Å². The Balaban J connectivity index is 1.45. The Morgan fingerprint density at radius 1 is 1.04 bits per heavy atom. The Morgan fingerprint density at radius 2 is 1.80 bits per heavy atom. The van der Waals surface area contributed by atoms with Crippen molar-refractivity contribution in [1.82, 2.24) is 14.9 Å². The third-order valence-corrected chi connectivity index (χ3v) is 10.4. The SMILES string of the molecule is CN(C)CCOC(=O)c1ccc(-c2cnc3[nH]c4ccc(N(C)S(=O)(=O)C5CC=CC=C5C#N)cc4c3c2-c2ccccc2)cc1. The summed E-state index contributed by atoms with van der Waals surface area (Å²) in [5, 5.41) is 10.3. The molecule has 5 aromatic rings. The number of nitrogens with zero attached hydrogens (tertiary/aromatic N) is 4. The van der Waals surface area contributed by atoms with E-state index in [9.17, 15) is 18.5 Å². The topological polar surface area (TPSA) is 119 Å². The molecule has 0 radical (unpaired) electrons. The summed E-state index contributed by atoms with van der Waals surface area (Å²) >= 11 is 0. The van der Waals surface area contributed by atoms with E-state index in [1.807, 2.05) is 85.9 Å². The first-order chi connectivity index (χ1) is 22.2. The van der Waals surface area contributed by atoms with Crippen molar-refractivity contribution < 1.29 is 17.9 Å². The van der Waals surface area contributed by atoms with E-state index in [0.717, 1.165) is 38.5 Å². The van der Waals surface area contributed by atoms with E-state index in [0.29, 0.717) is 30.0 Å². The van der Waals surface area contributed by atoms with E-state index in [1.54, 1.807) is 36.4 Å². The molecule has 0 saturated carbocycles. The predicted octanol–water partition coefficient (Wildman–Crippen LogP) is 6.31. The van der Waals surface area contributed by atoms with Crippen molar-refractivity contribution in [3.8, 4) is 28.3 Å². The third kappa shape index (κ3) is 5.78. The molecule has 10 heteroatoms. The normalized spacial score (nSPS) is 14.8. The van der Waals surface area contributed by atoms with Crippen molar-refractivity contribution in [1.29, 1.82) is 5.26 Å². The van der Waals surface area contributed by atoms with Crippen molar-refractivity contribution >= 4 is 43.6 Å². The molecule has 6 rings (SSSR count). The fourth-order valence-corrected chi connectivity index (χ4v) is 7.29. The first kappa shape index (κ1) is 30.8. The number of nitrogens with one attached hydrogen (secondary N) is 1. The predicted molar refractivity (Wildman–Crippen MR) is 182 cm³/mol. The van der Waals surface area contributed by atoms with Gasteiger partial charge in [0.05, 0.1) is 17.3 Å². The van der Waals surface area contributed by atoms with Gasteiger partial charge in [-0.2, -0.15) is 5.26 Å². The maximum Gasteiger partial charge on any atom is 0.338 e. The average molecular weight is 632 g/mol. The molecule has 2 heterocycles. The number of anilines is 1. The molecule has 9 nitrogen and oxygen atoms in total. The monoisotopic (exact) mass is 631 g/mol. The fraction of sp³-hybridized carbons (Fsp3) is 0.194. The van der Waals surface area contributed by atoms with Crippen LogP contribution in [0, 0.1) is 11.3 Å². The molecule has 1 aliphatic carbocycles. The number of fused-ring (bicyclic) bond motifs is 3. The minimum atomic E-state index is -3.89. The zero-order valence-corrected chi connectivity index (χ0v) is 26.6. The number of ether oxygens (including phenoxy) is 1. The number of carbonyl (C=O) groups is 1. The van der Waals surface area contributed by atoms with Gasteiger partial charge in [0.1, 0.15) is 17.5 Å². The van der Waals surface area contributed by atoms with Crippen molar-refractivity contribution in [2.75, 3.05) is 38.6 Å². The summed E-state index contributed by atoms with van der Waals surface area (Å²) in [5.74, 6) is -0.380. The lowest BCUT2D eigenvalue weighted by molar-refractivity contribution is 0.0482. The number of sulfonamides is 1. The lowest BCUT2D eigenvalue weighted by atomic mass is 9.92. The van der Waals surface area contributed by atoms with Crippen LogP contribution in [0.25, 0.3) is 44.2 Å². The molecule has 46 heavy (non-hydrogen) atoms. The average Bonchev–Trinajstić information content (AvgIpc) is 3.45. The zero-order chi connectivity index (χ0) is 32.4. The largest absolute Gasteiger partial charge is 0.461 e. The second-order valence-corrected chi connectivity index (χ2v) is 13.6. The Hall–Kier alpha value is -5.24. The first-order valence-electron chi connectivity index (χ1n) is 14.9. The lowest BCUT2D eigenvalue weighted by Crippen LogP contribution is -2.37. The minimum absolute atomic E-state index is 0.218. The van der Waals surface area contributed by atoms with Crippen LogP contribution in [0.15, 0.2) is 103 Å². The molecule has 1 atom stereocenters. The number of carbonyl (C=O) groups excluding carboxylic acids is 1. The number of pyridine rings is 1. The summed E-state index contributed by atoms with van der Waals surface area (Å²) in [4.78, 5) is 22.7. The second-order valence-electron chi connectivity index (χ2n) is 11.4. The summed E-state index contributed by atoms with van der Waals surface area (Å²) in [5.41, 5.74) is 6.23. The first-order valence-corrected chi connectivity index (χ1v) is 16.4. The maximum absolute atomic E-state index is 13.7. The number of nitriles is 1. The van der Waals surface area contributed by atoms with Crippen molar-refractivity contribution in [3.05, 3.63) is 108 Å². The molecule has 3 aromatic carbocycles. The van der Waals surface area contributed by atoms with E-state index in [4.69, 9.17) is 9.72 Å². The third-order valence-electron chi connectivity index (χ3n) is 8.21. The van der Waals surface area contributed by atoms with Crippen LogP contribution in [-0.4, -0.2) is 68.8 Å². The highest BCUT2D eigenvalue weighted by atomic mass is 32.2. The highest BCUT2D eigenvalue weighted by Crippen LogP contribution is 2.41. The Kier molecular flexibility index (Phi) is 8.45. The molecule has 0 spiro atoms. The van der Waals surface area contributed by atoms with Gasteiger partial charge in [-0.25, -0.2) is 18.2 Å². The summed E-state index contributed by atoms with van der Waals surface area (Å²) in [6.45, 7) is 0.944. The smallest absolute Gasteiger partial charge is 0.338 e. The van der Waals surface area contributed by atoms with Crippen LogP contribution >= 0.6 is 0 Å². The number of allylic oxidation sites excluding steroid dienone is 3. The molecular formula is C36H33N5O4S.